The van der Waals surface area contributed by atoms with Crippen molar-refractivity contribution in [1.82, 2.24) is 0 Å². The number of anilines is 1. The number of carbonyl (C=O) groups excluding carboxylic acids is 1. The first-order valence-corrected chi connectivity index (χ1v) is 10.8. The van der Waals surface area contributed by atoms with Crippen molar-refractivity contribution in [3.63, 3.8) is 0 Å². The molecule has 0 fully saturated rings. The van der Waals surface area contributed by atoms with E-state index >= 15 is 0 Å². The van der Waals surface area contributed by atoms with Gasteiger partial charge in [-0.15, -0.1) is 0 Å². The third-order valence-electron chi connectivity index (χ3n) is 5.91. The molecule has 0 radical (unpaired) electrons. The Morgan fingerprint density at radius 3 is 2.31 bits per heavy atom. The molecule has 2 heterocycles. The largest absolute Gasteiger partial charge is 0.494 e. The van der Waals surface area contributed by atoms with Crippen LogP contribution in [0.25, 0.3) is 11.0 Å². The average Bonchev–Trinajstić information content (AvgIpc) is 3.12. The van der Waals surface area contributed by atoms with Gasteiger partial charge < -0.3 is 9.15 Å². The van der Waals surface area contributed by atoms with Gasteiger partial charge in [-0.3, -0.25) is 14.5 Å². The van der Waals surface area contributed by atoms with Gasteiger partial charge in [0, 0.05) is 5.69 Å². The Balaban J connectivity index is 1.73. The van der Waals surface area contributed by atoms with Crippen LogP contribution in [-0.2, 0) is 6.42 Å². The zero-order valence-corrected chi connectivity index (χ0v) is 18.0. The van der Waals surface area contributed by atoms with E-state index in [4.69, 9.17) is 9.15 Å². The van der Waals surface area contributed by atoms with Gasteiger partial charge >= 0.3 is 0 Å². The molecule has 3 aromatic carbocycles. The van der Waals surface area contributed by atoms with Crippen molar-refractivity contribution in [3.05, 3.63) is 105 Å². The number of hydrogen-bond acceptors (Lipinski definition) is 4. The monoisotopic (exact) mass is 425 g/mol. The minimum Gasteiger partial charge on any atom is -0.494 e. The second kappa shape index (κ2) is 8.00. The van der Waals surface area contributed by atoms with Crippen LogP contribution in [0, 0.1) is 0 Å². The van der Waals surface area contributed by atoms with Gasteiger partial charge in [-0.25, -0.2) is 0 Å². The molecule has 4 aromatic rings. The Labute approximate surface area is 185 Å². The number of ether oxygens (including phenoxy) is 1. The second-order valence-electron chi connectivity index (χ2n) is 7.77. The molecule has 160 valence electrons. The average molecular weight is 425 g/mol. The maximum atomic E-state index is 13.6. The molecule has 5 nitrogen and oxygen atoms in total. The minimum absolute atomic E-state index is 0.104. The van der Waals surface area contributed by atoms with Crippen LogP contribution in [-0.4, -0.2) is 12.5 Å². The summed E-state index contributed by atoms with van der Waals surface area (Å²) in [6.45, 7) is 4.58. The SMILES string of the molecule is CCOc1ccc(C2c3c(oc4ccccc4c3=O)C(=O)N2c2ccc(CC)cc2)cc1. The molecule has 32 heavy (non-hydrogen) atoms. The van der Waals surface area contributed by atoms with Gasteiger partial charge in [0.1, 0.15) is 11.3 Å². The maximum Gasteiger partial charge on any atom is 0.295 e. The molecular weight excluding hydrogens is 402 g/mol. The van der Waals surface area contributed by atoms with E-state index in [1.807, 2.05) is 55.5 Å². The fraction of sp³-hybridized carbons (Fsp3) is 0.185. The summed E-state index contributed by atoms with van der Waals surface area (Å²) in [5.41, 5.74) is 3.33. The number of benzene rings is 3. The summed E-state index contributed by atoms with van der Waals surface area (Å²) in [5.74, 6) is 0.531. The van der Waals surface area contributed by atoms with Crippen molar-refractivity contribution < 1.29 is 13.9 Å². The number of rotatable bonds is 5. The molecule has 1 amide bonds. The number of aryl methyl sites for hydroxylation is 1. The van der Waals surface area contributed by atoms with E-state index in [1.54, 1.807) is 29.2 Å². The van der Waals surface area contributed by atoms with E-state index in [9.17, 15) is 9.59 Å². The molecule has 1 atom stereocenters. The van der Waals surface area contributed by atoms with Crippen LogP contribution in [0.4, 0.5) is 5.69 Å². The zero-order chi connectivity index (χ0) is 22.2. The first-order valence-electron chi connectivity index (χ1n) is 10.8. The molecule has 1 unspecified atom stereocenters. The maximum absolute atomic E-state index is 13.6. The van der Waals surface area contributed by atoms with E-state index in [-0.39, 0.29) is 17.1 Å². The van der Waals surface area contributed by atoms with E-state index in [0.29, 0.717) is 23.1 Å². The first-order chi connectivity index (χ1) is 15.6. The van der Waals surface area contributed by atoms with Crippen LogP contribution in [0.3, 0.4) is 0 Å². The molecule has 0 saturated carbocycles. The minimum atomic E-state index is -0.582. The number of carbonyl (C=O) groups is 1. The first kappa shape index (κ1) is 20.1. The molecule has 5 rings (SSSR count). The summed E-state index contributed by atoms with van der Waals surface area (Å²) in [6.07, 6.45) is 0.905. The topological polar surface area (TPSA) is 59.8 Å². The summed E-state index contributed by atoms with van der Waals surface area (Å²) in [4.78, 5) is 28.8. The van der Waals surface area contributed by atoms with E-state index in [1.165, 1.54) is 5.56 Å². The van der Waals surface area contributed by atoms with Gasteiger partial charge in [0.25, 0.3) is 5.91 Å². The lowest BCUT2D eigenvalue weighted by Crippen LogP contribution is -2.29. The Bertz CT molecular complexity index is 1350. The zero-order valence-electron chi connectivity index (χ0n) is 18.0. The molecule has 1 aliphatic heterocycles. The predicted octanol–water partition coefficient (Wildman–Crippen LogP) is 5.50. The highest BCUT2D eigenvalue weighted by Crippen LogP contribution is 2.41. The molecular formula is C27H23NO4. The smallest absolute Gasteiger partial charge is 0.295 e. The third kappa shape index (κ3) is 3.17. The molecule has 0 N–H and O–H groups in total. The molecule has 5 heteroatoms. The van der Waals surface area contributed by atoms with Gasteiger partial charge in [-0.05, 0) is 60.9 Å². The molecule has 0 bridgehead atoms. The van der Waals surface area contributed by atoms with Crippen LogP contribution in [0.2, 0.25) is 0 Å². The van der Waals surface area contributed by atoms with E-state index < -0.39 is 6.04 Å². The third-order valence-corrected chi connectivity index (χ3v) is 5.91. The number of amides is 1. The highest BCUT2D eigenvalue weighted by molar-refractivity contribution is 6.10. The van der Waals surface area contributed by atoms with Gasteiger partial charge in [0.2, 0.25) is 5.76 Å². The number of nitrogens with zero attached hydrogens (tertiary/aromatic N) is 1. The van der Waals surface area contributed by atoms with Crippen molar-refractivity contribution in [3.8, 4) is 5.75 Å². The lowest BCUT2D eigenvalue weighted by molar-refractivity contribution is 0.0971. The Morgan fingerprint density at radius 2 is 1.62 bits per heavy atom. The van der Waals surface area contributed by atoms with E-state index in [2.05, 4.69) is 6.92 Å². The van der Waals surface area contributed by atoms with Gasteiger partial charge in [-0.2, -0.15) is 0 Å². The lowest BCUT2D eigenvalue weighted by atomic mass is 9.98. The van der Waals surface area contributed by atoms with Gasteiger partial charge in [0.15, 0.2) is 5.43 Å². The Morgan fingerprint density at radius 1 is 0.906 bits per heavy atom. The molecule has 0 aliphatic carbocycles. The fourth-order valence-electron chi connectivity index (χ4n) is 4.31. The summed E-state index contributed by atoms with van der Waals surface area (Å²) in [6, 6.07) is 21.9. The molecule has 1 aliphatic rings. The molecule has 0 spiro atoms. The Kier molecular flexibility index (Phi) is 5.02. The van der Waals surface area contributed by atoms with Crippen LogP contribution < -0.4 is 15.1 Å². The quantitative estimate of drug-likeness (QED) is 0.423. The van der Waals surface area contributed by atoms with Gasteiger partial charge in [-0.1, -0.05) is 43.3 Å². The van der Waals surface area contributed by atoms with Crippen LogP contribution in [0.5, 0.6) is 5.75 Å². The summed E-state index contributed by atoms with van der Waals surface area (Å²) in [7, 11) is 0. The van der Waals surface area contributed by atoms with Crippen molar-refractivity contribution >= 4 is 22.6 Å². The second-order valence-corrected chi connectivity index (χ2v) is 7.77. The van der Waals surface area contributed by atoms with E-state index in [0.717, 1.165) is 23.4 Å². The van der Waals surface area contributed by atoms with Crippen molar-refractivity contribution in [2.75, 3.05) is 11.5 Å². The van der Waals surface area contributed by atoms with Crippen LogP contribution in [0.15, 0.2) is 82.0 Å². The summed E-state index contributed by atoms with van der Waals surface area (Å²) < 4.78 is 11.6. The Hall–Kier alpha value is -3.86. The lowest BCUT2D eigenvalue weighted by Gasteiger charge is -2.25. The molecule has 1 aromatic heterocycles. The van der Waals surface area contributed by atoms with Crippen LogP contribution >= 0.6 is 0 Å². The standard InChI is InChI=1S/C27H23NO4/c1-3-17-9-13-19(14-10-17)28-24(18-11-15-20(16-12-18)31-4-2)23-25(29)21-7-5-6-8-22(21)32-26(23)27(28)30/h5-16,24H,3-4H2,1-2H3. The number of hydrogen-bond donors (Lipinski definition) is 0. The normalized spacial score (nSPS) is 15.2. The van der Waals surface area contributed by atoms with Gasteiger partial charge in [0.05, 0.1) is 23.6 Å². The van der Waals surface area contributed by atoms with Crippen molar-refractivity contribution in [2.45, 2.75) is 26.3 Å². The highest BCUT2D eigenvalue weighted by atomic mass is 16.5. The molecule has 0 saturated heterocycles. The highest BCUT2D eigenvalue weighted by Gasteiger charge is 2.43. The predicted molar refractivity (Wildman–Crippen MR) is 125 cm³/mol. The fourth-order valence-corrected chi connectivity index (χ4v) is 4.31. The summed E-state index contributed by atoms with van der Waals surface area (Å²) >= 11 is 0. The number of para-hydroxylation sites is 1. The van der Waals surface area contributed by atoms with Crippen LogP contribution in [0.1, 0.15) is 47.1 Å². The summed E-state index contributed by atoms with van der Waals surface area (Å²) in [5, 5.41) is 0.471. The van der Waals surface area contributed by atoms with Crippen molar-refractivity contribution in [1.29, 1.82) is 0 Å². The van der Waals surface area contributed by atoms with Crippen molar-refractivity contribution in [2.24, 2.45) is 0 Å². The number of fused-ring (bicyclic) bond motifs is 2.